The van der Waals surface area contributed by atoms with Gasteiger partial charge in [-0.3, -0.25) is 9.59 Å². The first-order valence-corrected chi connectivity index (χ1v) is 10.1. The number of nitrogens with zero attached hydrogens (tertiary/aromatic N) is 2. The topological polar surface area (TPSA) is 91.1 Å². The molecule has 1 amide bonds. The van der Waals surface area contributed by atoms with Crippen LogP contribution in [0.3, 0.4) is 0 Å². The van der Waals surface area contributed by atoms with Crippen molar-refractivity contribution in [1.29, 1.82) is 0 Å². The molecule has 33 heavy (non-hydrogen) atoms. The predicted molar refractivity (Wildman–Crippen MR) is 114 cm³/mol. The van der Waals surface area contributed by atoms with Gasteiger partial charge in [-0.15, -0.1) is 0 Å². The van der Waals surface area contributed by atoms with E-state index in [1.54, 1.807) is 23.1 Å². The van der Waals surface area contributed by atoms with Crippen LogP contribution in [-0.4, -0.2) is 46.4 Å². The standard InChI is InChI=1S/C23H17F3N4O3/c24-23(25,26)16-4-2-1-3-15(16)21(32)13-9-19(27-11-13)22-28-17-6-5-14(10-18(17)29-22)30-7-8-33-12-20(30)31/h1-6,9-11,27H,7-8,12H2,(H,28,29). The highest BCUT2D eigenvalue weighted by molar-refractivity contribution is 6.10. The minimum atomic E-state index is -4.64. The lowest BCUT2D eigenvalue weighted by Gasteiger charge is -2.26. The van der Waals surface area contributed by atoms with E-state index < -0.39 is 23.1 Å². The molecule has 0 saturated carbocycles. The molecule has 5 rings (SSSR count). The van der Waals surface area contributed by atoms with Gasteiger partial charge in [0.25, 0.3) is 5.91 Å². The summed E-state index contributed by atoms with van der Waals surface area (Å²) in [7, 11) is 0. The largest absolute Gasteiger partial charge is 0.417 e. The number of aromatic nitrogens is 3. The van der Waals surface area contributed by atoms with Gasteiger partial charge in [-0.2, -0.15) is 13.2 Å². The Hall–Kier alpha value is -3.92. The van der Waals surface area contributed by atoms with E-state index in [1.165, 1.54) is 24.4 Å². The molecule has 0 radical (unpaired) electrons. The maximum Gasteiger partial charge on any atom is 0.417 e. The molecule has 2 aromatic carbocycles. The molecule has 0 atom stereocenters. The smallest absolute Gasteiger partial charge is 0.370 e. The lowest BCUT2D eigenvalue weighted by Crippen LogP contribution is -2.41. The number of hydrogen-bond acceptors (Lipinski definition) is 4. The number of ketones is 1. The highest BCUT2D eigenvalue weighted by Gasteiger charge is 2.35. The molecule has 1 aliphatic rings. The van der Waals surface area contributed by atoms with Crippen LogP contribution in [0.5, 0.6) is 0 Å². The van der Waals surface area contributed by atoms with E-state index in [2.05, 4.69) is 15.0 Å². The Morgan fingerprint density at radius 2 is 1.94 bits per heavy atom. The van der Waals surface area contributed by atoms with Crippen molar-refractivity contribution in [2.75, 3.05) is 24.7 Å². The molecule has 1 aliphatic heterocycles. The van der Waals surface area contributed by atoms with Crippen LogP contribution in [0.15, 0.2) is 54.7 Å². The van der Waals surface area contributed by atoms with Gasteiger partial charge < -0.3 is 19.6 Å². The summed E-state index contributed by atoms with van der Waals surface area (Å²) in [5, 5.41) is 0. The molecular formula is C23H17F3N4O3. The fraction of sp³-hybridized carbons (Fsp3) is 0.174. The monoisotopic (exact) mass is 454 g/mol. The Labute approximate surface area is 185 Å². The Kier molecular flexibility index (Phi) is 5.01. The lowest BCUT2D eigenvalue weighted by molar-refractivity contribution is -0.137. The SMILES string of the molecule is O=C(c1c[nH]c(-c2nc3ccc(N4CCOCC4=O)cc3[nH]2)c1)c1ccccc1C(F)(F)F. The zero-order valence-corrected chi connectivity index (χ0v) is 17.1. The summed E-state index contributed by atoms with van der Waals surface area (Å²) in [4.78, 5) is 37.0. The average molecular weight is 454 g/mol. The minimum Gasteiger partial charge on any atom is -0.370 e. The summed E-state index contributed by atoms with van der Waals surface area (Å²) in [6, 6.07) is 11.5. The number of alkyl halides is 3. The van der Waals surface area contributed by atoms with E-state index in [0.29, 0.717) is 41.4 Å². The summed E-state index contributed by atoms with van der Waals surface area (Å²) >= 11 is 0. The van der Waals surface area contributed by atoms with Crippen molar-refractivity contribution >= 4 is 28.4 Å². The number of ether oxygens (including phenoxy) is 1. The van der Waals surface area contributed by atoms with Crippen LogP contribution in [0.4, 0.5) is 18.9 Å². The third-order valence-corrected chi connectivity index (χ3v) is 5.44. The summed E-state index contributed by atoms with van der Waals surface area (Å²) in [6.45, 7) is 0.935. The molecule has 0 aliphatic carbocycles. The molecule has 0 unspecified atom stereocenters. The van der Waals surface area contributed by atoms with Crippen molar-refractivity contribution in [3.8, 4) is 11.5 Å². The molecule has 3 heterocycles. The number of H-pyrrole nitrogens is 2. The molecule has 0 spiro atoms. The predicted octanol–water partition coefficient (Wildman–Crippen LogP) is 4.17. The molecule has 1 saturated heterocycles. The Balaban J connectivity index is 1.45. The second-order valence-corrected chi connectivity index (χ2v) is 7.56. The van der Waals surface area contributed by atoms with Gasteiger partial charge in [0.15, 0.2) is 11.6 Å². The first kappa shape index (κ1) is 21.0. The minimum absolute atomic E-state index is 0.0308. The maximum atomic E-state index is 13.3. The number of carbonyl (C=O) groups excluding carboxylic acids is 2. The van der Waals surface area contributed by atoms with Gasteiger partial charge in [-0.25, -0.2) is 4.98 Å². The van der Waals surface area contributed by atoms with Gasteiger partial charge in [-0.05, 0) is 30.3 Å². The molecular weight excluding hydrogens is 437 g/mol. The van der Waals surface area contributed by atoms with E-state index in [1.807, 2.05) is 0 Å². The third kappa shape index (κ3) is 3.89. The number of anilines is 1. The summed E-state index contributed by atoms with van der Waals surface area (Å²) in [5.74, 6) is -0.458. The van der Waals surface area contributed by atoms with E-state index in [0.717, 1.165) is 12.1 Å². The molecule has 1 fully saturated rings. The van der Waals surface area contributed by atoms with Crippen LogP contribution >= 0.6 is 0 Å². The van der Waals surface area contributed by atoms with Crippen molar-refractivity contribution in [3.05, 3.63) is 71.4 Å². The van der Waals surface area contributed by atoms with Crippen LogP contribution in [0, 0.1) is 0 Å². The number of halogens is 3. The van der Waals surface area contributed by atoms with Crippen molar-refractivity contribution in [2.24, 2.45) is 0 Å². The number of imidazole rings is 1. The number of aromatic amines is 2. The molecule has 4 aromatic rings. The fourth-order valence-electron chi connectivity index (χ4n) is 3.83. The van der Waals surface area contributed by atoms with Crippen molar-refractivity contribution in [1.82, 2.24) is 15.0 Å². The highest BCUT2D eigenvalue weighted by atomic mass is 19.4. The van der Waals surface area contributed by atoms with Gasteiger partial charge >= 0.3 is 6.18 Å². The summed E-state index contributed by atoms with van der Waals surface area (Å²) in [5.41, 5.74) is 1.15. The lowest BCUT2D eigenvalue weighted by atomic mass is 9.99. The van der Waals surface area contributed by atoms with Crippen molar-refractivity contribution in [2.45, 2.75) is 6.18 Å². The number of fused-ring (bicyclic) bond motifs is 1. The number of nitrogens with one attached hydrogen (secondary N) is 2. The fourth-order valence-corrected chi connectivity index (χ4v) is 3.83. The number of benzene rings is 2. The molecule has 7 nitrogen and oxygen atoms in total. The second-order valence-electron chi connectivity index (χ2n) is 7.56. The number of rotatable bonds is 4. The first-order chi connectivity index (χ1) is 15.8. The summed E-state index contributed by atoms with van der Waals surface area (Å²) < 4.78 is 45.0. The number of hydrogen-bond donors (Lipinski definition) is 2. The molecule has 0 bridgehead atoms. The van der Waals surface area contributed by atoms with Crippen LogP contribution in [0.25, 0.3) is 22.6 Å². The van der Waals surface area contributed by atoms with Crippen molar-refractivity contribution in [3.63, 3.8) is 0 Å². The number of carbonyl (C=O) groups is 2. The molecule has 2 N–H and O–H groups in total. The highest BCUT2D eigenvalue weighted by Crippen LogP contribution is 2.33. The quantitative estimate of drug-likeness (QED) is 0.453. The van der Waals surface area contributed by atoms with E-state index in [9.17, 15) is 22.8 Å². The zero-order chi connectivity index (χ0) is 23.2. The van der Waals surface area contributed by atoms with Crippen molar-refractivity contribution < 1.29 is 27.5 Å². The molecule has 10 heteroatoms. The van der Waals surface area contributed by atoms with Gasteiger partial charge in [0, 0.05) is 29.6 Å². The molecule has 2 aromatic heterocycles. The van der Waals surface area contributed by atoms with E-state index >= 15 is 0 Å². The number of morpholine rings is 1. The first-order valence-electron chi connectivity index (χ1n) is 10.1. The molecule has 168 valence electrons. The van der Waals surface area contributed by atoms with Crippen LogP contribution in [0.1, 0.15) is 21.5 Å². The van der Waals surface area contributed by atoms with Gasteiger partial charge in [0.2, 0.25) is 0 Å². The Bertz CT molecular complexity index is 1370. The second kappa shape index (κ2) is 7.89. The van der Waals surface area contributed by atoms with Crippen LogP contribution in [0.2, 0.25) is 0 Å². The van der Waals surface area contributed by atoms with E-state index in [4.69, 9.17) is 4.74 Å². The van der Waals surface area contributed by atoms with Crippen LogP contribution < -0.4 is 4.90 Å². The average Bonchev–Trinajstić information content (AvgIpc) is 3.45. The normalized spacial score (nSPS) is 14.8. The van der Waals surface area contributed by atoms with Crippen LogP contribution in [-0.2, 0) is 15.7 Å². The van der Waals surface area contributed by atoms with Gasteiger partial charge in [0.1, 0.15) is 6.61 Å². The number of amides is 1. The van der Waals surface area contributed by atoms with Gasteiger partial charge in [-0.1, -0.05) is 18.2 Å². The summed E-state index contributed by atoms with van der Waals surface area (Å²) in [6.07, 6.45) is -3.28. The Morgan fingerprint density at radius 1 is 1.12 bits per heavy atom. The zero-order valence-electron chi connectivity index (χ0n) is 17.1. The third-order valence-electron chi connectivity index (χ3n) is 5.44. The maximum absolute atomic E-state index is 13.3. The van der Waals surface area contributed by atoms with Gasteiger partial charge in [0.05, 0.1) is 28.9 Å². The Morgan fingerprint density at radius 3 is 2.73 bits per heavy atom. The van der Waals surface area contributed by atoms with E-state index in [-0.39, 0.29) is 18.1 Å².